The van der Waals surface area contributed by atoms with E-state index in [1.165, 1.54) is 0 Å². The fraction of sp³-hybridized carbons (Fsp3) is 0.917. The summed E-state index contributed by atoms with van der Waals surface area (Å²) in [5, 5.41) is 3.23. The zero-order valence-electron chi connectivity index (χ0n) is 12.2. The van der Waals surface area contributed by atoms with Gasteiger partial charge in [-0.05, 0) is 37.5 Å². The van der Waals surface area contributed by atoms with Crippen molar-refractivity contribution in [1.29, 1.82) is 0 Å². The molecule has 1 N–H and O–H groups in total. The summed E-state index contributed by atoms with van der Waals surface area (Å²) in [6.45, 7) is 11.4. The molecule has 0 aromatic rings. The third-order valence-electron chi connectivity index (χ3n) is 2.18. The van der Waals surface area contributed by atoms with Gasteiger partial charge in [-0.25, -0.2) is 0 Å². The fourth-order valence-electron chi connectivity index (χ4n) is 0.907. The molecule has 2 atom stereocenters. The maximum atomic E-state index is 5.83. The number of nitrogens with one attached hydrogen (secondary N) is 1. The van der Waals surface area contributed by atoms with E-state index < -0.39 is 5.62 Å². The predicted octanol–water partition coefficient (Wildman–Crippen LogP) is 4.44. The molecule has 0 spiro atoms. The molecule has 3 nitrogen and oxygen atoms in total. The Morgan fingerprint density at radius 3 is 2.56 bits per heavy atom. The van der Waals surface area contributed by atoms with Gasteiger partial charge in [-0.15, -0.1) is 0 Å². The molecule has 0 aromatic heterocycles. The highest BCUT2D eigenvalue weighted by atomic mass is 32.9. The highest BCUT2D eigenvalue weighted by Crippen LogP contribution is 2.56. The third kappa shape index (κ3) is 9.37. The number of rotatable bonds is 10. The maximum absolute atomic E-state index is 5.83. The fourth-order valence-corrected chi connectivity index (χ4v) is 5.46. The molecule has 0 aliphatic rings. The molecule has 0 heterocycles. The predicted molar refractivity (Wildman–Crippen MR) is 89.2 cm³/mol. The second kappa shape index (κ2) is 10.2. The number of nitrogens with zero attached hydrogens (tertiary/aromatic N) is 1. The van der Waals surface area contributed by atoms with E-state index in [0.29, 0.717) is 18.6 Å². The molecule has 0 bridgehead atoms. The van der Waals surface area contributed by atoms with Gasteiger partial charge in [0, 0.05) is 11.8 Å². The van der Waals surface area contributed by atoms with Crippen LogP contribution in [-0.2, 0) is 16.3 Å². The van der Waals surface area contributed by atoms with Crippen LogP contribution < -0.4 is 5.09 Å². The molecule has 0 radical (unpaired) electrons. The van der Waals surface area contributed by atoms with Crippen molar-refractivity contribution in [2.45, 2.75) is 53.5 Å². The molecule has 0 rings (SSSR count). The highest BCUT2D eigenvalue weighted by molar-refractivity contribution is 8.68. The maximum Gasteiger partial charge on any atom is 0.211 e. The topological polar surface area (TPSA) is 33.6 Å². The van der Waals surface area contributed by atoms with Gasteiger partial charge in [0.1, 0.15) is 0 Å². The lowest BCUT2D eigenvalue weighted by molar-refractivity contribution is 0.356. The minimum atomic E-state index is -2.01. The summed E-state index contributed by atoms with van der Waals surface area (Å²) in [5.74, 6) is 1.64. The van der Waals surface area contributed by atoms with Crippen molar-refractivity contribution in [3.05, 3.63) is 0 Å². The first-order valence-electron chi connectivity index (χ1n) is 6.62. The smallest absolute Gasteiger partial charge is 0.211 e. The molecular weight excluding hydrogens is 283 g/mol. The lowest BCUT2D eigenvalue weighted by atomic mass is 10.3. The van der Waals surface area contributed by atoms with E-state index in [1.807, 2.05) is 0 Å². The Bertz CT molecular complexity index is 285. The third-order valence-corrected chi connectivity index (χ3v) is 7.97. The first-order valence-corrected chi connectivity index (χ1v) is 10.9. The van der Waals surface area contributed by atoms with Crippen molar-refractivity contribution in [3.63, 3.8) is 0 Å². The molecule has 0 aliphatic carbocycles. The largest absolute Gasteiger partial charge is 0.326 e. The lowest BCUT2D eigenvalue weighted by Crippen LogP contribution is -2.11. The molecule has 0 amide bonds. The van der Waals surface area contributed by atoms with E-state index in [9.17, 15) is 0 Å². The van der Waals surface area contributed by atoms with Gasteiger partial charge in [0.05, 0.1) is 12.9 Å². The minimum absolute atomic E-state index is 0.335. The van der Waals surface area contributed by atoms with Gasteiger partial charge in [-0.1, -0.05) is 39.1 Å². The van der Waals surface area contributed by atoms with Crippen LogP contribution in [0.3, 0.4) is 0 Å². The van der Waals surface area contributed by atoms with Crippen molar-refractivity contribution < 1.29 is 4.52 Å². The average molecular weight is 310 g/mol. The van der Waals surface area contributed by atoms with E-state index in [4.69, 9.17) is 16.3 Å². The highest BCUT2D eigenvalue weighted by Gasteiger charge is 2.17. The van der Waals surface area contributed by atoms with Gasteiger partial charge in [0.25, 0.3) is 0 Å². The van der Waals surface area contributed by atoms with Crippen LogP contribution in [0.15, 0.2) is 4.99 Å². The SMILES string of the molecule is CCCOP(=S)(NC=NC(C)CC)SCC(C)C. The summed E-state index contributed by atoms with van der Waals surface area (Å²) < 4.78 is 5.83. The normalized spacial score (nSPS) is 17.0. The Morgan fingerprint density at radius 1 is 1.39 bits per heavy atom. The van der Waals surface area contributed by atoms with Gasteiger partial charge in [-0.3, -0.25) is 4.99 Å². The van der Waals surface area contributed by atoms with Crippen molar-refractivity contribution in [2.24, 2.45) is 10.9 Å². The Kier molecular flexibility index (Phi) is 10.5. The number of hydrogen-bond acceptors (Lipinski definition) is 4. The van der Waals surface area contributed by atoms with Crippen LogP contribution in [0.5, 0.6) is 0 Å². The van der Waals surface area contributed by atoms with E-state index >= 15 is 0 Å². The molecule has 0 saturated heterocycles. The molecule has 0 aromatic carbocycles. The van der Waals surface area contributed by atoms with Gasteiger partial charge >= 0.3 is 0 Å². The van der Waals surface area contributed by atoms with Crippen LogP contribution in [-0.4, -0.2) is 24.7 Å². The molecule has 0 aliphatic heterocycles. The van der Waals surface area contributed by atoms with Crippen LogP contribution in [0.25, 0.3) is 0 Å². The molecule has 2 unspecified atom stereocenters. The Hall–Kier alpha value is 0.430. The first kappa shape index (κ1) is 18.4. The molecular formula is C12H27N2OPS2. The van der Waals surface area contributed by atoms with Crippen LogP contribution >= 0.6 is 17.0 Å². The summed E-state index contributed by atoms with van der Waals surface area (Å²) in [6.07, 6.45) is 3.78. The van der Waals surface area contributed by atoms with Crippen LogP contribution in [0.4, 0.5) is 0 Å². The van der Waals surface area contributed by atoms with Crippen LogP contribution in [0.2, 0.25) is 0 Å². The number of hydrogen-bond donors (Lipinski definition) is 1. The van der Waals surface area contributed by atoms with Gasteiger partial charge < -0.3 is 9.61 Å². The van der Waals surface area contributed by atoms with E-state index in [2.05, 4.69) is 44.7 Å². The van der Waals surface area contributed by atoms with Gasteiger partial charge in [-0.2, -0.15) is 0 Å². The van der Waals surface area contributed by atoms with Crippen molar-refractivity contribution in [2.75, 3.05) is 12.4 Å². The summed E-state index contributed by atoms with van der Waals surface area (Å²) in [4.78, 5) is 4.39. The van der Waals surface area contributed by atoms with Crippen LogP contribution in [0.1, 0.15) is 47.5 Å². The standard InChI is InChI=1S/C12H27N2OPS2/c1-6-8-15-16(17,18-9-11(3)4)14-10-13-12(5)7-2/h10-12H,6-9H2,1-5H3,(H,13,14,17). The van der Waals surface area contributed by atoms with E-state index in [0.717, 1.165) is 18.6 Å². The Labute approximate surface area is 121 Å². The van der Waals surface area contributed by atoms with Crippen LogP contribution in [0, 0.1) is 5.92 Å². The van der Waals surface area contributed by atoms with Crippen molar-refractivity contribution in [1.82, 2.24) is 5.09 Å². The first-order chi connectivity index (χ1) is 8.43. The summed E-state index contributed by atoms with van der Waals surface area (Å²) >= 11 is 7.36. The Morgan fingerprint density at radius 2 is 2.06 bits per heavy atom. The second-order valence-electron chi connectivity index (χ2n) is 4.68. The summed E-state index contributed by atoms with van der Waals surface area (Å²) in [5.41, 5.74) is -2.01. The van der Waals surface area contributed by atoms with Crippen molar-refractivity contribution in [3.8, 4) is 0 Å². The van der Waals surface area contributed by atoms with Gasteiger partial charge in [0.15, 0.2) is 0 Å². The molecule has 108 valence electrons. The summed E-state index contributed by atoms with van der Waals surface area (Å²) in [6, 6.07) is 0.335. The Balaban J connectivity index is 4.36. The number of aliphatic imine (C=N–C) groups is 1. The van der Waals surface area contributed by atoms with Crippen molar-refractivity contribution >= 4 is 35.1 Å². The second-order valence-corrected chi connectivity index (χ2v) is 11.3. The minimum Gasteiger partial charge on any atom is -0.326 e. The summed E-state index contributed by atoms with van der Waals surface area (Å²) in [7, 11) is 0. The average Bonchev–Trinajstić information content (AvgIpc) is 2.34. The lowest BCUT2D eigenvalue weighted by Gasteiger charge is -2.22. The van der Waals surface area contributed by atoms with E-state index in [1.54, 1.807) is 17.7 Å². The zero-order valence-corrected chi connectivity index (χ0v) is 14.7. The molecule has 0 saturated carbocycles. The molecule has 0 fully saturated rings. The molecule has 6 heteroatoms. The monoisotopic (exact) mass is 310 g/mol. The zero-order chi connectivity index (χ0) is 14.0. The van der Waals surface area contributed by atoms with Gasteiger partial charge in [0.2, 0.25) is 5.62 Å². The quantitative estimate of drug-likeness (QED) is 0.367. The molecule has 18 heavy (non-hydrogen) atoms. The van der Waals surface area contributed by atoms with E-state index in [-0.39, 0.29) is 0 Å².